The number of benzene rings is 1. The molecule has 4 heteroatoms. The minimum atomic E-state index is -0.127. The Kier molecular flexibility index (Phi) is 3.06. The summed E-state index contributed by atoms with van der Waals surface area (Å²) in [6.07, 6.45) is 5.10. The molecule has 0 bridgehead atoms. The van der Waals surface area contributed by atoms with Gasteiger partial charge in [0.15, 0.2) is 0 Å². The van der Waals surface area contributed by atoms with Crippen molar-refractivity contribution in [2.24, 2.45) is 5.41 Å². The van der Waals surface area contributed by atoms with Crippen LogP contribution in [0.4, 0.5) is 5.69 Å². The van der Waals surface area contributed by atoms with Gasteiger partial charge in [0.05, 0.1) is 17.3 Å². The third-order valence-corrected chi connectivity index (χ3v) is 4.45. The summed E-state index contributed by atoms with van der Waals surface area (Å²) in [4.78, 5) is 26.0. The van der Waals surface area contributed by atoms with Crippen LogP contribution in [0.25, 0.3) is 0 Å². The third kappa shape index (κ3) is 2.09. The number of hydrogen-bond donors (Lipinski definition) is 0. The van der Waals surface area contributed by atoms with Crippen molar-refractivity contribution in [3.63, 3.8) is 0 Å². The molecule has 1 aliphatic heterocycles. The van der Waals surface area contributed by atoms with Crippen molar-refractivity contribution in [1.29, 1.82) is 5.26 Å². The average molecular weight is 268 g/mol. The summed E-state index contributed by atoms with van der Waals surface area (Å²) in [5.41, 5.74) is 0.897. The van der Waals surface area contributed by atoms with E-state index in [1.54, 1.807) is 24.3 Å². The molecule has 3 rings (SSSR count). The van der Waals surface area contributed by atoms with Crippen molar-refractivity contribution in [2.45, 2.75) is 38.5 Å². The number of amides is 2. The maximum atomic E-state index is 12.4. The van der Waals surface area contributed by atoms with E-state index in [2.05, 4.69) is 0 Å². The fraction of sp³-hybridized carbons (Fsp3) is 0.438. The lowest BCUT2D eigenvalue weighted by Gasteiger charge is -2.37. The Morgan fingerprint density at radius 3 is 2.35 bits per heavy atom. The minimum absolute atomic E-state index is 0.0858. The van der Waals surface area contributed by atoms with Gasteiger partial charge >= 0.3 is 0 Å². The molecule has 1 heterocycles. The van der Waals surface area contributed by atoms with Gasteiger partial charge in [-0.1, -0.05) is 18.9 Å². The molecule has 4 nitrogen and oxygen atoms in total. The lowest BCUT2D eigenvalue weighted by molar-refractivity contribution is -0.133. The van der Waals surface area contributed by atoms with Crippen LogP contribution < -0.4 is 4.90 Å². The number of nitriles is 1. The van der Waals surface area contributed by atoms with Crippen LogP contribution in [0.15, 0.2) is 24.3 Å². The summed E-state index contributed by atoms with van der Waals surface area (Å²) in [6.45, 7) is 0. The van der Waals surface area contributed by atoms with Gasteiger partial charge in [-0.3, -0.25) is 14.5 Å². The Morgan fingerprint density at radius 2 is 1.75 bits per heavy atom. The zero-order valence-electron chi connectivity index (χ0n) is 11.3. The number of piperidine rings is 1. The predicted octanol–water partition coefficient (Wildman–Crippen LogP) is 2.77. The van der Waals surface area contributed by atoms with E-state index in [9.17, 15) is 9.59 Å². The van der Waals surface area contributed by atoms with E-state index in [4.69, 9.17) is 5.26 Å². The van der Waals surface area contributed by atoms with Gasteiger partial charge < -0.3 is 0 Å². The van der Waals surface area contributed by atoms with Gasteiger partial charge in [0, 0.05) is 12.8 Å². The molecule has 102 valence electrons. The molecule has 2 aliphatic rings. The van der Waals surface area contributed by atoms with E-state index in [1.165, 1.54) is 4.90 Å². The van der Waals surface area contributed by atoms with Gasteiger partial charge in [-0.05, 0) is 36.5 Å². The summed E-state index contributed by atoms with van der Waals surface area (Å²) in [7, 11) is 0. The quantitative estimate of drug-likeness (QED) is 0.736. The van der Waals surface area contributed by atoms with E-state index in [1.807, 2.05) is 6.07 Å². The molecule has 0 aromatic heterocycles. The topological polar surface area (TPSA) is 61.2 Å². The lowest BCUT2D eigenvalue weighted by Crippen LogP contribution is -2.47. The standard InChI is InChI=1S/C16H16N2O2/c17-11-12-4-3-5-13(8-12)18-14(19)9-16(10-15(18)20)6-1-2-7-16/h3-5,8H,1-2,6-7,9-10H2. The van der Waals surface area contributed by atoms with Gasteiger partial charge in [-0.15, -0.1) is 0 Å². The number of hydrogen-bond acceptors (Lipinski definition) is 3. The Labute approximate surface area is 118 Å². The number of carbonyl (C=O) groups excluding carboxylic acids is 2. The molecule has 1 saturated heterocycles. The molecule has 0 N–H and O–H groups in total. The molecule has 2 fully saturated rings. The van der Waals surface area contributed by atoms with Crippen LogP contribution in [-0.4, -0.2) is 11.8 Å². The zero-order chi connectivity index (χ0) is 14.2. The molecule has 0 atom stereocenters. The van der Waals surface area contributed by atoms with Crippen molar-refractivity contribution in [3.05, 3.63) is 29.8 Å². The Morgan fingerprint density at radius 1 is 1.10 bits per heavy atom. The van der Waals surface area contributed by atoms with Crippen LogP contribution in [0.2, 0.25) is 0 Å². The van der Waals surface area contributed by atoms with Crippen molar-refractivity contribution in [1.82, 2.24) is 0 Å². The molecule has 0 unspecified atom stereocenters. The molecule has 2 amide bonds. The molecule has 1 aromatic rings. The van der Waals surface area contributed by atoms with Crippen molar-refractivity contribution < 1.29 is 9.59 Å². The molecule has 1 aliphatic carbocycles. The van der Waals surface area contributed by atoms with Crippen LogP contribution in [0.5, 0.6) is 0 Å². The SMILES string of the molecule is N#Cc1cccc(N2C(=O)CC3(CCCC3)CC2=O)c1. The average Bonchev–Trinajstić information content (AvgIpc) is 2.86. The molecule has 20 heavy (non-hydrogen) atoms. The van der Waals surface area contributed by atoms with Crippen LogP contribution in [0, 0.1) is 16.7 Å². The summed E-state index contributed by atoms with van der Waals surface area (Å²) in [6, 6.07) is 8.72. The van der Waals surface area contributed by atoms with Crippen molar-refractivity contribution in [3.8, 4) is 6.07 Å². The zero-order valence-corrected chi connectivity index (χ0v) is 11.3. The maximum absolute atomic E-state index is 12.4. The van der Waals surface area contributed by atoms with E-state index >= 15 is 0 Å². The van der Waals surface area contributed by atoms with Crippen molar-refractivity contribution >= 4 is 17.5 Å². The monoisotopic (exact) mass is 268 g/mol. The molecule has 0 radical (unpaired) electrons. The Hall–Kier alpha value is -2.15. The Bertz CT molecular complexity index is 589. The molecular formula is C16H16N2O2. The fourth-order valence-electron chi connectivity index (χ4n) is 3.48. The van der Waals surface area contributed by atoms with Gasteiger partial charge in [-0.25, -0.2) is 0 Å². The first-order chi connectivity index (χ1) is 9.63. The molecule has 1 aromatic carbocycles. The van der Waals surface area contributed by atoms with Crippen LogP contribution in [0.3, 0.4) is 0 Å². The first-order valence-electron chi connectivity index (χ1n) is 7.00. The van der Waals surface area contributed by atoms with E-state index < -0.39 is 0 Å². The first-order valence-corrected chi connectivity index (χ1v) is 7.00. The van der Waals surface area contributed by atoms with Gasteiger partial charge in [0.2, 0.25) is 11.8 Å². The van der Waals surface area contributed by atoms with Gasteiger partial charge in [0.25, 0.3) is 0 Å². The second kappa shape index (κ2) is 4.75. The lowest BCUT2D eigenvalue weighted by atomic mass is 9.76. The highest BCUT2D eigenvalue weighted by Crippen LogP contribution is 2.47. The molecule has 1 spiro atoms. The van der Waals surface area contributed by atoms with E-state index in [0.717, 1.165) is 25.7 Å². The number of nitrogens with zero attached hydrogens (tertiary/aromatic N) is 2. The molecule has 1 saturated carbocycles. The summed E-state index contributed by atoms with van der Waals surface area (Å²) >= 11 is 0. The summed E-state index contributed by atoms with van der Waals surface area (Å²) in [5, 5.41) is 8.92. The van der Waals surface area contributed by atoms with Crippen LogP contribution in [0.1, 0.15) is 44.1 Å². The highest BCUT2D eigenvalue weighted by molar-refractivity contribution is 6.17. The van der Waals surface area contributed by atoms with Crippen LogP contribution in [-0.2, 0) is 9.59 Å². The van der Waals surface area contributed by atoms with Crippen LogP contribution >= 0.6 is 0 Å². The van der Waals surface area contributed by atoms with E-state index in [-0.39, 0.29) is 17.2 Å². The highest BCUT2D eigenvalue weighted by Gasteiger charge is 2.45. The third-order valence-electron chi connectivity index (χ3n) is 4.45. The minimum Gasteiger partial charge on any atom is -0.274 e. The summed E-state index contributed by atoms with van der Waals surface area (Å²) in [5.74, 6) is -0.253. The number of carbonyl (C=O) groups is 2. The normalized spacial score (nSPS) is 21.2. The highest BCUT2D eigenvalue weighted by atomic mass is 16.2. The second-order valence-electron chi connectivity index (χ2n) is 5.85. The van der Waals surface area contributed by atoms with E-state index in [0.29, 0.717) is 24.1 Å². The van der Waals surface area contributed by atoms with Gasteiger partial charge in [-0.2, -0.15) is 5.26 Å². The van der Waals surface area contributed by atoms with Crippen molar-refractivity contribution in [2.75, 3.05) is 4.90 Å². The van der Waals surface area contributed by atoms with Gasteiger partial charge in [0.1, 0.15) is 0 Å². The number of imide groups is 1. The smallest absolute Gasteiger partial charge is 0.234 e. The fourth-order valence-corrected chi connectivity index (χ4v) is 3.48. The number of anilines is 1. The number of rotatable bonds is 1. The molecular weight excluding hydrogens is 252 g/mol. The largest absolute Gasteiger partial charge is 0.274 e. The maximum Gasteiger partial charge on any atom is 0.234 e. The Balaban J connectivity index is 1.90. The predicted molar refractivity (Wildman–Crippen MR) is 73.8 cm³/mol. The summed E-state index contributed by atoms with van der Waals surface area (Å²) < 4.78 is 0. The first kappa shape index (κ1) is 12.9. The second-order valence-corrected chi connectivity index (χ2v) is 5.85.